The fourth-order valence-corrected chi connectivity index (χ4v) is 0.428. The molecule has 1 N–H and O–H groups in total. The van der Waals surface area contributed by atoms with Crippen molar-refractivity contribution in [3.63, 3.8) is 0 Å². The molecule has 0 amide bonds. The molecule has 0 atom stereocenters. The summed E-state index contributed by atoms with van der Waals surface area (Å²) in [6.45, 7) is 8.00. The first-order valence-electron chi connectivity index (χ1n) is 4.13. The van der Waals surface area contributed by atoms with Crippen LogP contribution < -0.4 is 0 Å². The number of hydrogen-bond acceptors (Lipinski definition) is 1. The molecule has 0 aliphatic rings. The van der Waals surface area contributed by atoms with Crippen molar-refractivity contribution >= 4 is 8.41 Å². The van der Waals surface area contributed by atoms with Crippen molar-refractivity contribution < 1.29 is 5.11 Å². The highest BCUT2D eigenvalue weighted by Gasteiger charge is 1.74. The average molecular weight is 165 g/mol. The second-order valence-electron chi connectivity index (χ2n) is 1.34. The number of benzene rings is 1. The van der Waals surface area contributed by atoms with Gasteiger partial charge in [-0.1, -0.05) is 45.9 Å². The summed E-state index contributed by atoms with van der Waals surface area (Å²) in [5, 5.41) is 8.63. The number of aromatic hydroxyl groups is 1. The SMILES string of the molecule is CC.CC.Oc1ccccc1.[B]. The van der Waals surface area contributed by atoms with E-state index in [2.05, 4.69) is 0 Å². The third-order valence-corrected chi connectivity index (χ3v) is 0.756. The van der Waals surface area contributed by atoms with Crippen molar-refractivity contribution in [3.05, 3.63) is 30.3 Å². The molecule has 3 radical (unpaired) electrons. The molecule has 2 heteroatoms. The monoisotopic (exact) mass is 165 g/mol. The van der Waals surface area contributed by atoms with Crippen LogP contribution in [-0.2, 0) is 0 Å². The molecule has 1 nitrogen and oxygen atoms in total. The maximum absolute atomic E-state index is 8.63. The van der Waals surface area contributed by atoms with Gasteiger partial charge in [0.1, 0.15) is 5.75 Å². The predicted molar refractivity (Wildman–Crippen MR) is 56.6 cm³/mol. The zero-order chi connectivity index (χ0) is 9.11. The lowest BCUT2D eigenvalue weighted by Gasteiger charge is -1.82. The molecule has 0 bridgehead atoms. The summed E-state index contributed by atoms with van der Waals surface area (Å²) in [7, 11) is 0. The van der Waals surface area contributed by atoms with Crippen molar-refractivity contribution in [2.45, 2.75) is 27.7 Å². The molecule has 1 aromatic rings. The largest absolute Gasteiger partial charge is 0.508 e. The van der Waals surface area contributed by atoms with Gasteiger partial charge in [-0.25, -0.2) is 0 Å². The second kappa shape index (κ2) is 16.6. The van der Waals surface area contributed by atoms with Crippen molar-refractivity contribution in [2.75, 3.05) is 0 Å². The first-order chi connectivity index (χ1) is 5.39. The Morgan fingerprint density at radius 1 is 0.833 bits per heavy atom. The van der Waals surface area contributed by atoms with Crippen LogP contribution in [0.3, 0.4) is 0 Å². The summed E-state index contributed by atoms with van der Waals surface area (Å²) < 4.78 is 0. The minimum atomic E-state index is 0. The van der Waals surface area contributed by atoms with Gasteiger partial charge in [-0.3, -0.25) is 0 Å². The van der Waals surface area contributed by atoms with Crippen LogP contribution in [0.25, 0.3) is 0 Å². The standard InChI is InChI=1S/C6H6O.2C2H6.B/c7-6-4-2-1-3-5-6;2*1-2;/h1-5,7H;2*1-2H3;. The van der Waals surface area contributed by atoms with Crippen LogP contribution in [0, 0.1) is 0 Å². The lowest BCUT2D eigenvalue weighted by atomic mass is 10.3. The van der Waals surface area contributed by atoms with E-state index in [9.17, 15) is 0 Å². The molecule has 0 spiro atoms. The van der Waals surface area contributed by atoms with Crippen molar-refractivity contribution in [1.29, 1.82) is 0 Å². The third-order valence-electron chi connectivity index (χ3n) is 0.756. The number of hydrogen-bond donors (Lipinski definition) is 1. The van der Waals surface area contributed by atoms with Gasteiger partial charge in [0.25, 0.3) is 0 Å². The molecular formula is C10H18BO. The second-order valence-corrected chi connectivity index (χ2v) is 1.34. The Balaban J connectivity index is -0.000000144. The van der Waals surface area contributed by atoms with Crippen LogP contribution in [0.5, 0.6) is 5.75 Å². The van der Waals surface area contributed by atoms with Gasteiger partial charge >= 0.3 is 0 Å². The minimum Gasteiger partial charge on any atom is -0.508 e. The van der Waals surface area contributed by atoms with Gasteiger partial charge in [-0.2, -0.15) is 0 Å². The normalized spacial score (nSPS) is 6.00. The molecular weight excluding hydrogens is 147 g/mol. The molecule has 0 aliphatic heterocycles. The van der Waals surface area contributed by atoms with E-state index in [1.54, 1.807) is 24.3 Å². The highest BCUT2D eigenvalue weighted by molar-refractivity contribution is 5.75. The maximum atomic E-state index is 8.63. The van der Waals surface area contributed by atoms with Crippen molar-refractivity contribution in [3.8, 4) is 5.75 Å². The van der Waals surface area contributed by atoms with E-state index in [0.29, 0.717) is 5.75 Å². The Bertz CT molecular complexity index is 140. The van der Waals surface area contributed by atoms with Gasteiger partial charge in [-0.15, -0.1) is 0 Å². The summed E-state index contributed by atoms with van der Waals surface area (Å²) in [5.41, 5.74) is 0. The topological polar surface area (TPSA) is 20.2 Å². The van der Waals surface area contributed by atoms with Crippen LogP contribution >= 0.6 is 0 Å². The molecule has 0 saturated heterocycles. The van der Waals surface area contributed by atoms with E-state index in [1.807, 2.05) is 33.8 Å². The van der Waals surface area contributed by atoms with Gasteiger partial charge in [0.05, 0.1) is 0 Å². The summed E-state index contributed by atoms with van der Waals surface area (Å²) in [4.78, 5) is 0. The van der Waals surface area contributed by atoms with Crippen molar-refractivity contribution in [2.24, 2.45) is 0 Å². The van der Waals surface area contributed by atoms with Crippen molar-refractivity contribution in [1.82, 2.24) is 0 Å². The van der Waals surface area contributed by atoms with E-state index in [0.717, 1.165) is 0 Å². The van der Waals surface area contributed by atoms with E-state index in [4.69, 9.17) is 5.11 Å². The minimum absolute atomic E-state index is 0. The van der Waals surface area contributed by atoms with Gasteiger partial charge in [-0.05, 0) is 12.1 Å². The van der Waals surface area contributed by atoms with Gasteiger partial charge in [0.2, 0.25) is 0 Å². The Labute approximate surface area is 78.0 Å². The first-order valence-corrected chi connectivity index (χ1v) is 4.13. The lowest BCUT2D eigenvalue weighted by molar-refractivity contribution is 0.475. The summed E-state index contributed by atoms with van der Waals surface area (Å²) in [6, 6.07) is 8.71. The fraction of sp³-hybridized carbons (Fsp3) is 0.400. The van der Waals surface area contributed by atoms with Gasteiger partial charge in [0, 0.05) is 8.41 Å². The van der Waals surface area contributed by atoms with Crippen LogP contribution in [0.1, 0.15) is 27.7 Å². The van der Waals surface area contributed by atoms with Gasteiger partial charge in [0.15, 0.2) is 0 Å². The number of para-hydroxylation sites is 1. The third kappa shape index (κ3) is 11.8. The fourth-order valence-electron chi connectivity index (χ4n) is 0.428. The molecule has 0 aromatic heterocycles. The summed E-state index contributed by atoms with van der Waals surface area (Å²) in [5.74, 6) is 0.322. The van der Waals surface area contributed by atoms with Crippen LogP contribution in [0.15, 0.2) is 30.3 Å². The number of phenolic OH excluding ortho intramolecular Hbond substituents is 1. The zero-order valence-electron chi connectivity index (χ0n) is 8.41. The van der Waals surface area contributed by atoms with E-state index < -0.39 is 0 Å². The van der Waals surface area contributed by atoms with Crippen LogP contribution in [0.2, 0.25) is 0 Å². The van der Waals surface area contributed by atoms with E-state index >= 15 is 0 Å². The number of rotatable bonds is 0. The van der Waals surface area contributed by atoms with Crippen LogP contribution in [-0.4, -0.2) is 13.5 Å². The molecule has 0 heterocycles. The average Bonchev–Trinajstić information content (AvgIpc) is 2.13. The smallest absolute Gasteiger partial charge is 0.115 e. The van der Waals surface area contributed by atoms with E-state index in [1.165, 1.54) is 0 Å². The predicted octanol–water partition coefficient (Wildman–Crippen LogP) is 3.06. The molecule has 1 aromatic carbocycles. The van der Waals surface area contributed by atoms with E-state index in [-0.39, 0.29) is 8.41 Å². The Morgan fingerprint density at radius 2 is 1.17 bits per heavy atom. The highest BCUT2D eigenvalue weighted by atomic mass is 16.3. The Morgan fingerprint density at radius 3 is 1.33 bits per heavy atom. The molecule has 0 fully saturated rings. The Kier molecular flexibility index (Phi) is 23.8. The molecule has 12 heavy (non-hydrogen) atoms. The van der Waals surface area contributed by atoms with Gasteiger partial charge < -0.3 is 5.11 Å². The lowest BCUT2D eigenvalue weighted by Crippen LogP contribution is -1.56. The summed E-state index contributed by atoms with van der Waals surface area (Å²) >= 11 is 0. The number of phenols is 1. The van der Waals surface area contributed by atoms with Crippen LogP contribution in [0.4, 0.5) is 0 Å². The summed E-state index contributed by atoms with van der Waals surface area (Å²) in [6.07, 6.45) is 0. The zero-order valence-corrected chi connectivity index (χ0v) is 8.41. The molecule has 0 saturated carbocycles. The molecule has 67 valence electrons. The molecule has 1 rings (SSSR count). The first kappa shape index (κ1) is 17.2. The highest BCUT2D eigenvalue weighted by Crippen LogP contribution is 2.02. The maximum Gasteiger partial charge on any atom is 0.115 e. The quantitative estimate of drug-likeness (QED) is 0.585. The Hall–Kier alpha value is -0.915. The molecule has 0 unspecified atom stereocenters. The molecule has 0 aliphatic carbocycles.